The molecule has 0 radical (unpaired) electrons. The molecule has 2 unspecified atom stereocenters. The average Bonchev–Trinajstić information content (AvgIpc) is 2.48. The smallest absolute Gasteiger partial charge is 0.0950 e. The van der Waals surface area contributed by atoms with Gasteiger partial charge in [-0.1, -0.05) is 30.3 Å². The molecule has 1 aromatic carbocycles. The molecule has 0 saturated carbocycles. The summed E-state index contributed by atoms with van der Waals surface area (Å²) in [7, 11) is 0. The van der Waals surface area contributed by atoms with Gasteiger partial charge < -0.3 is 14.8 Å². The molecule has 3 nitrogen and oxygen atoms in total. The molecule has 1 aromatic rings. The van der Waals surface area contributed by atoms with Gasteiger partial charge in [0.05, 0.1) is 18.8 Å². The number of nitrogens with one attached hydrogen (secondary N) is 1. The molecule has 0 amide bonds. The zero-order chi connectivity index (χ0) is 15.1. The Labute approximate surface area is 129 Å². The maximum absolute atomic E-state index is 6.18. The average molecular weight is 291 g/mol. The topological polar surface area (TPSA) is 30.5 Å². The summed E-state index contributed by atoms with van der Waals surface area (Å²) in [5.74, 6) is 0. The molecular formula is C18H29NO2. The van der Waals surface area contributed by atoms with Gasteiger partial charge >= 0.3 is 0 Å². The van der Waals surface area contributed by atoms with Crippen molar-refractivity contribution in [3.8, 4) is 0 Å². The summed E-state index contributed by atoms with van der Waals surface area (Å²) in [6.07, 6.45) is 3.90. The first-order valence-electron chi connectivity index (χ1n) is 8.08. The zero-order valence-corrected chi connectivity index (χ0v) is 13.6. The molecule has 1 aliphatic rings. The fraction of sp³-hybridized carbons (Fsp3) is 0.667. The summed E-state index contributed by atoms with van der Waals surface area (Å²) in [5.41, 5.74) is 1.32. The van der Waals surface area contributed by atoms with Crippen molar-refractivity contribution >= 4 is 0 Å². The van der Waals surface area contributed by atoms with E-state index in [1.54, 1.807) is 0 Å². The van der Waals surface area contributed by atoms with Crippen LogP contribution in [0.3, 0.4) is 0 Å². The molecule has 118 valence electrons. The van der Waals surface area contributed by atoms with Crippen LogP contribution in [0, 0.1) is 0 Å². The zero-order valence-electron chi connectivity index (χ0n) is 13.6. The Hall–Kier alpha value is -0.900. The Bertz CT molecular complexity index is 393. The molecule has 21 heavy (non-hydrogen) atoms. The van der Waals surface area contributed by atoms with E-state index in [-0.39, 0.29) is 17.7 Å². The first-order chi connectivity index (χ1) is 10.0. The third kappa shape index (κ3) is 6.16. The molecule has 1 fully saturated rings. The Morgan fingerprint density at radius 3 is 2.62 bits per heavy atom. The largest absolute Gasteiger partial charge is 0.376 e. The highest BCUT2D eigenvalue weighted by Crippen LogP contribution is 2.20. The normalized spacial score (nSPS) is 21.2. The van der Waals surface area contributed by atoms with E-state index in [0.717, 1.165) is 19.6 Å². The van der Waals surface area contributed by atoms with Gasteiger partial charge in [0, 0.05) is 18.7 Å². The summed E-state index contributed by atoms with van der Waals surface area (Å²) in [5, 5.41) is 3.54. The standard InChI is InChI=1S/C18H29NO2/c1-18(2,3)19-13-17(15-9-5-4-6-10-15)21-14-16-11-7-8-12-20-16/h4-6,9-10,16-17,19H,7-8,11-14H2,1-3H3. The molecule has 1 saturated heterocycles. The van der Waals surface area contributed by atoms with Gasteiger partial charge in [-0.2, -0.15) is 0 Å². The number of hydrogen-bond donors (Lipinski definition) is 1. The Balaban J connectivity index is 1.91. The van der Waals surface area contributed by atoms with Crippen molar-refractivity contribution in [2.75, 3.05) is 19.8 Å². The summed E-state index contributed by atoms with van der Waals surface area (Å²) < 4.78 is 11.9. The summed E-state index contributed by atoms with van der Waals surface area (Å²) in [6, 6.07) is 10.5. The van der Waals surface area contributed by atoms with Gasteiger partial charge in [0.15, 0.2) is 0 Å². The van der Waals surface area contributed by atoms with Crippen LogP contribution in [0.2, 0.25) is 0 Å². The van der Waals surface area contributed by atoms with Crippen LogP contribution in [0.15, 0.2) is 30.3 Å². The lowest BCUT2D eigenvalue weighted by molar-refractivity contribution is -0.0642. The monoisotopic (exact) mass is 291 g/mol. The van der Waals surface area contributed by atoms with Crippen LogP contribution >= 0.6 is 0 Å². The molecule has 2 atom stereocenters. The van der Waals surface area contributed by atoms with Crippen molar-refractivity contribution in [1.29, 1.82) is 0 Å². The van der Waals surface area contributed by atoms with E-state index in [0.29, 0.717) is 6.61 Å². The second-order valence-electron chi connectivity index (χ2n) is 6.85. The molecule has 1 aliphatic heterocycles. The lowest BCUT2D eigenvalue weighted by Gasteiger charge is -2.28. The SMILES string of the molecule is CC(C)(C)NCC(OCC1CCCCO1)c1ccccc1. The van der Waals surface area contributed by atoms with E-state index in [1.165, 1.54) is 18.4 Å². The minimum Gasteiger partial charge on any atom is -0.376 e. The highest BCUT2D eigenvalue weighted by molar-refractivity contribution is 5.18. The van der Waals surface area contributed by atoms with Gasteiger partial charge in [-0.25, -0.2) is 0 Å². The fourth-order valence-corrected chi connectivity index (χ4v) is 2.50. The van der Waals surface area contributed by atoms with E-state index in [4.69, 9.17) is 9.47 Å². The van der Waals surface area contributed by atoms with Crippen LogP contribution in [0.4, 0.5) is 0 Å². The second-order valence-corrected chi connectivity index (χ2v) is 6.85. The molecule has 1 N–H and O–H groups in total. The molecule has 0 aliphatic carbocycles. The third-order valence-corrected chi connectivity index (χ3v) is 3.75. The summed E-state index contributed by atoms with van der Waals surface area (Å²) >= 11 is 0. The Kier molecular flexibility index (Phi) is 6.22. The van der Waals surface area contributed by atoms with Crippen LogP contribution < -0.4 is 5.32 Å². The third-order valence-electron chi connectivity index (χ3n) is 3.75. The minimum atomic E-state index is 0.0796. The molecule has 0 aromatic heterocycles. The summed E-state index contributed by atoms with van der Waals surface area (Å²) in [4.78, 5) is 0. The van der Waals surface area contributed by atoms with Crippen molar-refractivity contribution in [2.24, 2.45) is 0 Å². The first-order valence-corrected chi connectivity index (χ1v) is 8.08. The maximum atomic E-state index is 6.18. The highest BCUT2D eigenvalue weighted by Gasteiger charge is 2.20. The molecule has 1 heterocycles. The highest BCUT2D eigenvalue weighted by atomic mass is 16.5. The maximum Gasteiger partial charge on any atom is 0.0950 e. The molecule has 3 heteroatoms. The van der Waals surface area contributed by atoms with E-state index < -0.39 is 0 Å². The lowest BCUT2D eigenvalue weighted by Crippen LogP contribution is -2.39. The van der Waals surface area contributed by atoms with E-state index in [1.807, 2.05) is 6.07 Å². The Morgan fingerprint density at radius 1 is 1.24 bits per heavy atom. The van der Waals surface area contributed by atoms with Crippen molar-refractivity contribution in [1.82, 2.24) is 5.32 Å². The van der Waals surface area contributed by atoms with E-state index >= 15 is 0 Å². The predicted octanol–water partition coefficient (Wildman–Crippen LogP) is 3.70. The van der Waals surface area contributed by atoms with Crippen LogP contribution in [-0.2, 0) is 9.47 Å². The van der Waals surface area contributed by atoms with E-state index in [9.17, 15) is 0 Å². The molecule has 0 spiro atoms. The summed E-state index contributed by atoms with van der Waals surface area (Å²) in [6.45, 7) is 8.92. The quantitative estimate of drug-likeness (QED) is 0.867. The van der Waals surface area contributed by atoms with Gasteiger partial charge in [-0.05, 0) is 45.6 Å². The molecule has 2 rings (SSSR count). The lowest BCUT2D eigenvalue weighted by atomic mass is 10.1. The van der Waals surface area contributed by atoms with Crippen LogP contribution in [0.25, 0.3) is 0 Å². The number of ether oxygens (including phenoxy) is 2. The van der Waals surface area contributed by atoms with Crippen molar-refractivity contribution in [2.45, 2.75) is 57.8 Å². The van der Waals surface area contributed by atoms with Gasteiger partial charge in [0.25, 0.3) is 0 Å². The van der Waals surface area contributed by atoms with Gasteiger partial charge in [0.1, 0.15) is 0 Å². The van der Waals surface area contributed by atoms with Crippen LogP contribution in [0.5, 0.6) is 0 Å². The van der Waals surface area contributed by atoms with Gasteiger partial charge in [0.2, 0.25) is 0 Å². The second kappa shape index (κ2) is 7.92. The molecular weight excluding hydrogens is 262 g/mol. The van der Waals surface area contributed by atoms with Crippen LogP contribution in [0.1, 0.15) is 51.7 Å². The predicted molar refractivity (Wildman–Crippen MR) is 86.5 cm³/mol. The van der Waals surface area contributed by atoms with Crippen molar-refractivity contribution in [3.05, 3.63) is 35.9 Å². The van der Waals surface area contributed by atoms with Crippen molar-refractivity contribution < 1.29 is 9.47 Å². The minimum absolute atomic E-state index is 0.0796. The Morgan fingerprint density at radius 2 is 2.00 bits per heavy atom. The number of benzene rings is 1. The number of rotatable bonds is 6. The van der Waals surface area contributed by atoms with Crippen molar-refractivity contribution in [3.63, 3.8) is 0 Å². The fourth-order valence-electron chi connectivity index (χ4n) is 2.50. The van der Waals surface area contributed by atoms with Gasteiger partial charge in [-0.15, -0.1) is 0 Å². The molecule has 0 bridgehead atoms. The first kappa shape index (κ1) is 16.5. The number of hydrogen-bond acceptors (Lipinski definition) is 3. The van der Waals surface area contributed by atoms with Gasteiger partial charge in [-0.3, -0.25) is 0 Å². The van der Waals surface area contributed by atoms with E-state index in [2.05, 4.69) is 50.4 Å². The van der Waals surface area contributed by atoms with Crippen LogP contribution in [-0.4, -0.2) is 31.4 Å².